The van der Waals surface area contributed by atoms with Crippen molar-refractivity contribution in [1.82, 2.24) is 10.3 Å². The number of aromatic amines is 1. The third kappa shape index (κ3) is 2.52. The molecule has 1 aromatic heterocycles. The second kappa shape index (κ2) is 5.42. The maximum absolute atomic E-state index is 3.53. The van der Waals surface area contributed by atoms with Gasteiger partial charge in [-0.2, -0.15) is 0 Å². The van der Waals surface area contributed by atoms with E-state index >= 15 is 0 Å². The number of H-pyrrole nitrogens is 1. The van der Waals surface area contributed by atoms with Crippen molar-refractivity contribution >= 4 is 12.4 Å². The molecular weight excluding hydrogens is 196 g/mol. The van der Waals surface area contributed by atoms with Crippen LogP contribution in [0.4, 0.5) is 0 Å². The van der Waals surface area contributed by atoms with Gasteiger partial charge in [0.1, 0.15) is 0 Å². The fourth-order valence-corrected chi connectivity index (χ4v) is 1.93. The molecule has 2 heterocycles. The molecule has 2 nitrogen and oxygen atoms in total. The molecule has 0 saturated carbocycles. The quantitative estimate of drug-likeness (QED) is 0.795. The summed E-state index contributed by atoms with van der Waals surface area (Å²) in [5.74, 6) is 0. The van der Waals surface area contributed by atoms with Crippen molar-refractivity contribution in [3.05, 3.63) is 23.0 Å². The minimum atomic E-state index is 0. The second-order valence-corrected chi connectivity index (χ2v) is 3.83. The van der Waals surface area contributed by atoms with Crippen LogP contribution in [-0.4, -0.2) is 11.5 Å². The van der Waals surface area contributed by atoms with Crippen LogP contribution in [0.1, 0.15) is 36.7 Å². The summed E-state index contributed by atoms with van der Waals surface area (Å²) in [6.07, 6.45) is 4.96. The third-order valence-electron chi connectivity index (χ3n) is 2.71. The van der Waals surface area contributed by atoms with Gasteiger partial charge in [0.2, 0.25) is 0 Å². The molecule has 0 atom stereocenters. The highest BCUT2D eigenvalue weighted by Gasteiger charge is 2.11. The summed E-state index contributed by atoms with van der Waals surface area (Å²) >= 11 is 0. The number of nitrogens with one attached hydrogen (secondary N) is 2. The normalized spacial score (nSPS) is 14.6. The van der Waals surface area contributed by atoms with Gasteiger partial charge in [0, 0.05) is 30.9 Å². The summed E-state index contributed by atoms with van der Waals surface area (Å²) in [6, 6.07) is 2.33. The van der Waals surface area contributed by atoms with Crippen LogP contribution in [0.2, 0.25) is 0 Å². The molecule has 0 aliphatic carbocycles. The van der Waals surface area contributed by atoms with Crippen LogP contribution in [0.25, 0.3) is 0 Å². The Hall–Kier alpha value is -0.470. The molecule has 1 aromatic rings. The summed E-state index contributed by atoms with van der Waals surface area (Å²) in [4.78, 5) is 3.53. The fraction of sp³-hybridized carbons (Fsp3) is 0.636. The van der Waals surface area contributed by atoms with E-state index in [0.29, 0.717) is 0 Å². The number of aromatic nitrogens is 1. The lowest BCUT2D eigenvalue weighted by Crippen LogP contribution is -2.22. The van der Waals surface area contributed by atoms with Crippen molar-refractivity contribution in [2.45, 2.75) is 39.2 Å². The molecule has 0 aromatic carbocycles. The minimum Gasteiger partial charge on any atom is -0.362 e. The first-order valence-corrected chi connectivity index (χ1v) is 5.30. The Morgan fingerprint density at radius 3 is 3.00 bits per heavy atom. The number of hydrogen-bond donors (Lipinski definition) is 2. The minimum absolute atomic E-state index is 0. The summed E-state index contributed by atoms with van der Waals surface area (Å²) in [5, 5.41) is 3.39. The van der Waals surface area contributed by atoms with E-state index in [1.165, 1.54) is 42.6 Å². The molecule has 2 rings (SSSR count). The highest BCUT2D eigenvalue weighted by molar-refractivity contribution is 5.85. The van der Waals surface area contributed by atoms with Crippen molar-refractivity contribution in [3.8, 4) is 0 Å². The molecule has 0 amide bonds. The maximum Gasteiger partial charge on any atom is 0.0223 e. The van der Waals surface area contributed by atoms with E-state index in [0.717, 1.165) is 13.1 Å². The number of aryl methyl sites for hydroxylation is 1. The third-order valence-corrected chi connectivity index (χ3v) is 2.71. The van der Waals surface area contributed by atoms with Crippen molar-refractivity contribution in [3.63, 3.8) is 0 Å². The molecule has 0 fully saturated rings. The molecule has 1 aliphatic rings. The van der Waals surface area contributed by atoms with Crippen molar-refractivity contribution in [2.24, 2.45) is 0 Å². The zero-order valence-corrected chi connectivity index (χ0v) is 9.54. The largest absolute Gasteiger partial charge is 0.362 e. The summed E-state index contributed by atoms with van der Waals surface area (Å²) in [6.45, 7) is 4.42. The number of fused-ring (bicyclic) bond motifs is 1. The molecule has 0 bridgehead atoms. The van der Waals surface area contributed by atoms with Crippen LogP contribution in [0.15, 0.2) is 6.07 Å². The Morgan fingerprint density at radius 2 is 2.29 bits per heavy atom. The SMILES string of the molecule is CCCCc1cc2c([nH]1)CCNC2.Cl. The Bertz CT molecular complexity index is 257. The highest BCUT2D eigenvalue weighted by Crippen LogP contribution is 2.16. The van der Waals surface area contributed by atoms with E-state index in [9.17, 15) is 0 Å². The van der Waals surface area contributed by atoms with Crippen LogP contribution >= 0.6 is 12.4 Å². The summed E-state index contributed by atoms with van der Waals surface area (Å²) in [5.41, 5.74) is 4.37. The van der Waals surface area contributed by atoms with Crippen molar-refractivity contribution in [2.75, 3.05) is 6.54 Å². The molecule has 0 unspecified atom stereocenters. The number of hydrogen-bond acceptors (Lipinski definition) is 1. The van der Waals surface area contributed by atoms with Crippen molar-refractivity contribution < 1.29 is 0 Å². The Kier molecular flexibility index (Phi) is 4.49. The maximum atomic E-state index is 3.53. The smallest absolute Gasteiger partial charge is 0.0223 e. The number of unbranched alkanes of at least 4 members (excludes halogenated alkanes) is 1. The molecular formula is C11H19ClN2. The fourth-order valence-electron chi connectivity index (χ4n) is 1.93. The summed E-state index contributed by atoms with van der Waals surface area (Å²) < 4.78 is 0. The van der Waals surface area contributed by atoms with E-state index < -0.39 is 0 Å². The lowest BCUT2D eigenvalue weighted by Gasteiger charge is -2.11. The van der Waals surface area contributed by atoms with Crippen molar-refractivity contribution in [1.29, 1.82) is 0 Å². The van der Waals surface area contributed by atoms with Crippen LogP contribution in [0.3, 0.4) is 0 Å². The molecule has 3 heteroatoms. The van der Waals surface area contributed by atoms with E-state index in [4.69, 9.17) is 0 Å². The highest BCUT2D eigenvalue weighted by atomic mass is 35.5. The second-order valence-electron chi connectivity index (χ2n) is 3.83. The van der Waals surface area contributed by atoms with E-state index in [-0.39, 0.29) is 12.4 Å². The Balaban J connectivity index is 0.000000980. The van der Waals surface area contributed by atoms with Crippen LogP contribution < -0.4 is 5.32 Å². The zero-order valence-electron chi connectivity index (χ0n) is 8.73. The summed E-state index contributed by atoms with van der Waals surface area (Å²) in [7, 11) is 0. The first-order valence-electron chi connectivity index (χ1n) is 5.30. The zero-order chi connectivity index (χ0) is 9.10. The lowest BCUT2D eigenvalue weighted by molar-refractivity contribution is 0.637. The molecule has 0 saturated heterocycles. The predicted molar refractivity (Wildman–Crippen MR) is 62.1 cm³/mol. The van der Waals surface area contributed by atoms with E-state index in [1.807, 2.05) is 0 Å². The van der Waals surface area contributed by atoms with Gasteiger partial charge in [0.15, 0.2) is 0 Å². The van der Waals surface area contributed by atoms with Gasteiger partial charge in [0.05, 0.1) is 0 Å². The number of halogens is 1. The topological polar surface area (TPSA) is 27.8 Å². The van der Waals surface area contributed by atoms with Gasteiger partial charge in [-0.1, -0.05) is 13.3 Å². The average Bonchev–Trinajstić information content (AvgIpc) is 2.57. The standard InChI is InChI=1S/C11H18N2.ClH/c1-2-3-4-10-7-9-8-12-6-5-11(9)13-10;/h7,12-13H,2-6,8H2,1H3;1H. The van der Waals surface area contributed by atoms with Gasteiger partial charge in [-0.15, -0.1) is 12.4 Å². The van der Waals surface area contributed by atoms with Gasteiger partial charge in [0.25, 0.3) is 0 Å². The molecule has 2 N–H and O–H groups in total. The molecule has 80 valence electrons. The van der Waals surface area contributed by atoms with Crippen LogP contribution in [0, 0.1) is 0 Å². The van der Waals surface area contributed by atoms with Gasteiger partial charge >= 0.3 is 0 Å². The molecule has 0 spiro atoms. The van der Waals surface area contributed by atoms with Gasteiger partial charge < -0.3 is 10.3 Å². The first kappa shape index (κ1) is 11.6. The monoisotopic (exact) mass is 214 g/mol. The molecule has 1 aliphatic heterocycles. The van der Waals surface area contributed by atoms with E-state index in [1.54, 1.807) is 0 Å². The van der Waals surface area contributed by atoms with Gasteiger partial charge in [-0.3, -0.25) is 0 Å². The van der Waals surface area contributed by atoms with Gasteiger partial charge in [-0.05, 0) is 24.5 Å². The Labute approximate surface area is 91.9 Å². The molecule has 0 radical (unpaired) electrons. The van der Waals surface area contributed by atoms with Gasteiger partial charge in [-0.25, -0.2) is 0 Å². The van der Waals surface area contributed by atoms with E-state index in [2.05, 4.69) is 23.3 Å². The first-order chi connectivity index (χ1) is 6.40. The average molecular weight is 215 g/mol. The number of rotatable bonds is 3. The lowest BCUT2D eigenvalue weighted by atomic mass is 10.1. The Morgan fingerprint density at radius 1 is 1.43 bits per heavy atom. The van der Waals surface area contributed by atoms with Crippen LogP contribution in [0.5, 0.6) is 0 Å². The molecule has 14 heavy (non-hydrogen) atoms. The van der Waals surface area contributed by atoms with Crippen LogP contribution in [-0.2, 0) is 19.4 Å². The predicted octanol–water partition coefficient (Wildman–Crippen LogP) is 2.42.